The molecule has 1 aliphatic rings. The van der Waals surface area contributed by atoms with Crippen LogP contribution >= 0.6 is 0 Å². The Hall–Kier alpha value is -1.02. The molecule has 2 unspecified atom stereocenters. The van der Waals surface area contributed by atoms with Gasteiger partial charge in [0.05, 0.1) is 6.61 Å². The first-order chi connectivity index (χ1) is 7.79. The van der Waals surface area contributed by atoms with Crippen molar-refractivity contribution in [3.8, 4) is 5.75 Å². The molecule has 0 bridgehead atoms. The van der Waals surface area contributed by atoms with Crippen molar-refractivity contribution in [3.63, 3.8) is 0 Å². The smallest absolute Gasteiger partial charge is 0.119 e. The topological polar surface area (TPSA) is 35.2 Å². The zero-order valence-corrected chi connectivity index (χ0v) is 9.99. The first-order valence-corrected chi connectivity index (χ1v) is 6.27. The van der Waals surface area contributed by atoms with Gasteiger partial charge in [0.25, 0.3) is 0 Å². The van der Waals surface area contributed by atoms with E-state index in [-0.39, 0.29) is 0 Å². The minimum Gasteiger partial charge on any atom is -0.494 e. The molecule has 0 amide bonds. The maximum atomic E-state index is 6.08. The molecule has 1 aromatic rings. The molecule has 0 radical (unpaired) electrons. The van der Waals surface area contributed by atoms with E-state index in [9.17, 15) is 0 Å². The Kier molecular flexibility index (Phi) is 3.83. The van der Waals surface area contributed by atoms with Crippen LogP contribution in [-0.2, 0) is 6.42 Å². The summed E-state index contributed by atoms with van der Waals surface area (Å²) in [7, 11) is 0. The van der Waals surface area contributed by atoms with Gasteiger partial charge in [0.15, 0.2) is 0 Å². The third kappa shape index (κ3) is 2.76. The van der Waals surface area contributed by atoms with Gasteiger partial charge in [0, 0.05) is 6.04 Å². The summed E-state index contributed by atoms with van der Waals surface area (Å²) in [4.78, 5) is 0. The van der Waals surface area contributed by atoms with Gasteiger partial charge in [-0.25, -0.2) is 0 Å². The fourth-order valence-electron chi connectivity index (χ4n) is 2.51. The summed E-state index contributed by atoms with van der Waals surface area (Å²) in [5.41, 5.74) is 7.46. The molecule has 2 rings (SSSR count). The van der Waals surface area contributed by atoms with Crippen LogP contribution < -0.4 is 10.5 Å². The highest BCUT2D eigenvalue weighted by atomic mass is 16.5. The van der Waals surface area contributed by atoms with Gasteiger partial charge >= 0.3 is 0 Å². The molecule has 2 heteroatoms. The lowest BCUT2D eigenvalue weighted by Crippen LogP contribution is -2.25. The van der Waals surface area contributed by atoms with E-state index in [1.54, 1.807) is 0 Å². The van der Waals surface area contributed by atoms with Crippen molar-refractivity contribution in [2.75, 3.05) is 6.61 Å². The fraction of sp³-hybridized carbons (Fsp3) is 0.571. The number of ether oxygens (including phenoxy) is 1. The molecule has 1 aromatic carbocycles. The summed E-state index contributed by atoms with van der Waals surface area (Å²) in [6.45, 7) is 2.73. The first kappa shape index (κ1) is 11.5. The van der Waals surface area contributed by atoms with E-state index in [0.29, 0.717) is 12.0 Å². The molecule has 1 fully saturated rings. The van der Waals surface area contributed by atoms with Crippen LogP contribution in [0.4, 0.5) is 0 Å². The molecule has 2 atom stereocenters. The summed E-state index contributed by atoms with van der Waals surface area (Å²) >= 11 is 0. The van der Waals surface area contributed by atoms with Crippen molar-refractivity contribution in [1.82, 2.24) is 0 Å². The van der Waals surface area contributed by atoms with E-state index >= 15 is 0 Å². The standard InChI is InChI=1S/C14H21NO/c1-2-16-13-8-6-11(7-9-13)10-12-4-3-5-14(12)15/h6-9,12,14H,2-5,10,15H2,1H3. The molecular formula is C14H21NO. The van der Waals surface area contributed by atoms with Crippen LogP contribution in [0.1, 0.15) is 31.7 Å². The van der Waals surface area contributed by atoms with Gasteiger partial charge in [0.2, 0.25) is 0 Å². The number of hydrogen-bond donors (Lipinski definition) is 1. The SMILES string of the molecule is CCOc1ccc(CC2CCCC2N)cc1. The third-order valence-corrected chi connectivity index (χ3v) is 3.45. The van der Waals surface area contributed by atoms with Crippen molar-refractivity contribution in [2.24, 2.45) is 11.7 Å². The molecular weight excluding hydrogens is 198 g/mol. The predicted octanol–water partition coefficient (Wildman–Crippen LogP) is 2.76. The van der Waals surface area contributed by atoms with Crippen LogP contribution in [0.15, 0.2) is 24.3 Å². The summed E-state index contributed by atoms with van der Waals surface area (Å²) < 4.78 is 5.43. The molecule has 2 N–H and O–H groups in total. The van der Waals surface area contributed by atoms with Gasteiger partial charge in [0.1, 0.15) is 5.75 Å². The summed E-state index contributed by atoms with van der Waals surface area (Å²) in [5, 5.41) is 0. The van der Waals surface area contributed by atoms with E-state index in [1.807, 2.05) is 6.92 Å². The zero-order valence-electron chi connectivity index (χ0n) is 9.99. The second-order valence-corrected chi connectivity index (χ2v) is 4.64. The molecule has 1 saturated carbocycles. The molecule has 0 heterocycles. The maximum absolute atomic E-state index is 6.08. The molecule has 0 aromatic heterocycles. The Morgan fingerprint density at radius 1 is 1.25 bits per heavy atom. The number of nitrogens with two attached hydrogens (primary N) is 1. The summed E-state index contributed by atoms with van der Waals surface area (Å²) in [6, 6.07) is 8.84. The molecule has 2 nitrogen and oxygen atoms in total. The number of benzene rings is 1. The normalized spacial score (nSPS) is 24.6. The Balaban J connectivity index is 1.94. The highest BCUT2D eigenvalue weighted by Gasteiger charge is 2.23. The van der Waals surface area contributed by atoms with Gasteiger partial charge < -0.3 is 10.5 Å². The Labute approximate surface area is 97.8 Å². The van der Waals surface area contributed by atoms with Crippen LogP contribution in [0.2, 0.25) is 0 Å². The van der Waals surface area contributed by atoms with Crippen molar-refractivity contribution >= 4 is 0 Å². The van der Waals surface area contributed by atoms with Gasteiger partial charge in [-0.3, -0.25) is 0 Å². The minimum absolute atomic E-state index is 0.409. The van der Waals surface area contributed by atoms with E-state index in [2.05, 4.69) is 24.3 Å². The Morgan fingerprint density at radius 2 is 2.00 bits per heavy atom. The van der Waals surface area contributed by atoms with Gasteiger partial charge in [-0.15, -0.1) is 0 Å². The second-order valence-electron chi connectivity index (χ2n) is 4.64. The molecule has 1 aliphatic carbocycles. The quantitative estimate of drug-likeness (QED) is 0.845. The average Bonchev–Trinajstić information content (AvgIpc) is 2.68. The van der Waals surface area contributed by atoms with Gasteiger partial charge in [-0.2, -0.15) is 0 Å². The van der Waals surface area contributed by atoms with E-state index in [0.717, 1.165) is 18.8 Å². The van der Waals surface area contributed by atoms with E-state index in [1.165, 1.54) is 24.8 Å². The van der Waals surface area contributed by atoms with Crippen molar-refractivity contribution in [2.45, 2.75) is 38.6 Å². The van der Waals surface area contributed by atoms with Crippen LogP contribution in [0.3, 0.4) is 0 Å². The molecule has 16 heavy (non-hydrogen) atoms. The fourth-order valence-corrected chi connectivity index (χ4v) is 2.51. The van der Waals surface area contributed by atoms with Crippen molar-refractivity contribution in [1.29, 1.82) is 0 Å². The maximum Gasteiger partial charge on any atom is 0.119 e. The van der Waals surface area contributed by atoms with Gasteiger partial charge in [-0.05, 0) is 49.8 Å². The van der Waals surface area contributed by atoms with Gasteiger partial charge in [-0.1, -0.05) is 18.6 Å². The molecule has 0 aliphatic heterocycles. The molecule has 0 saturated heterocycles. The highest BCUT2D eigenvalue weighted by molar-refractivity contribution is 5.27. The lowest BCUT2D eigenvalue weighted by Gasteiger charge is -2.15. The van der Waals surface area contributed by atoms with Crippen LogP contribution in [0.5, 0.6) is 5.75 Å². The van der Waals surface area contributed by atoms with Crippen LogP contribution in [0, 0.1) is 5.92 Å². The average molecular weight is 219 g/mol. The predicted molar refractivity (Wildman–Crippen MR) is 66.6 cm³/mol. The first-order valence-electron chi connectivity index (χ1n) is 6.27. The van der Waals surface area contributed by atoms with Crippen molar-refractivity contribution in [3.05, 3.63) is 29.8 Å². The highest BCUT2D eigenvalue weighted by Crippen LogP contribution is 2.27. The van der Waals surface area contributed by atoms with Crippen molar-refractivity contribution < 1.29 is 4.74 Å². The monoisotopic (exact) mass is 219 g/mol. The molecule has 0 spiro atoms. The minimum atomic E-state index is 0.409. The lowest BCUT2D eigenvalue weighted by atomic mass is 9.95. The third-order valence-electron chi connectivity index (χ3n) is 3.45. The van der Waals surface area contributed by atoms with Crippen LogP contribution in [-0.4, -0.2) is 12.6 Å². The Bertz CT molecular complexity index is 320. The lowest BCUT2D eigenvalue weighted by molar-refractivity contribution is 0.340. The second kappa shape index (κ2) is 5.35. The summed E-state index contributed by atoms with van der Waals surface area (Å²) in [6.07, 6.45) is 4.90. The van der Waals surface area contributed by atoms with E-state index < -0.39 is 0 Å². The molecule has 88 valence electrons. The van der Waals surface area contributed by atoms with E-state index in [4.69, 9.17) is 10.5 Å². The number of hydrogen-bond acceptors (Lipinski definition) is 2. The number of rotatable bonds is 4. The van der Waals surface area contributed by atoms with Crippen LogP contribution in [0.25, 0.3) is 0 Å². The largest absolute Gasteiger partial charge is 0.494 e. The zero-order chi connectivity index (χ0) is 11.4. The summed E-state index contributed by atoms with van der Waals surface area (Å²) in [5.74, 6) is 1.64. The Morgan fingerprint density at radius 3 is 2.56 bits per heavy atom.